The topological polar surface area (TPSA) is 32.3 Å². The molecule has 1 aliphatic heterocycles. The molecule has 0 saturated carbocycles. The van der Waals surface area contributed by atoms with E-state index in [2.05, 4.69) is 26.1 Å². The van der Waals surface area contributed by atoms with Gasteiger partial charge in [0.05, 0.1) is 0 Å². The summed E-state index contributed by atoms with van der Waals surface area (Å²) in [5, 5.41) is 3.41. The highest BCUT2D eigenvalue weighted by atomic mass is 16.2. The molecule has 3 heteroatoms. The SMILES string of the molecule is CCCCCN1CCNC(C)(C)CC1=O. The van der Waals surface area contributed by atoms with Gasteiger partial charge in [0.1, 0.15) is 0 Å². The van der Waals surface area contributed by atoms with E-state index in [0.29, 0.717) is 12.3 Å². The first-order chi connectivity index (χ1) is 7.05. The summed E-state index contributed by atoms with van der Waals surface area (Å²) in [5.41, 5.74) is -0.0312. The molecule has 3 nitrogen and oxygen atoms in total. The number of hydrogen-bond donors (Lipinski definition) is 1. The van der Waals surface area contributed by atoms with Crippen molar-refractivity contribution in [3.63, 3.8) is 0 Å². The first-order valence-electron chi connectivity index (χ1n) is 6.08. The fourth-order valence-electron chi connectivity index (χ4n) is 2.00. The fourth-order valence-corrected chi connectivity index (χ4v) is 2.00. The van der Waals surface area contributed by atoms with Gasteiger partial charge in [0, 0.05) is 31.6 Å². The lowest BCUT2D eigenvalue weighted by Gasteiger charge is -2.23. The van der Waals surface area contributed by atoms with Crippen molar-refractivity contribution in [3.05, 3.63) is 0 Å². The number of amides is 1. The van der Waals surface area contributed by atoms with Gasteiger partial charge in [-0.2, -0.15) is 0 Å². The Morgan fingerprint density at radius 1 is 1.40 bits per heavy atom. The van der Waals surface area contributed by atoms with E-state index in [-0.39, 0.29) is 5.54 Å². The molecule has 1 N–H and O–H groups in total. The number of nitrogens with zero attached hydrogens (tertiary/aromatic N) is 1. The Morgan fingerprint density at radius 2 is 2.13 bits per heavy atom. The zero-order chi connectivity index (χ0) is 11.3. The highest BCUT2D eigenvalue weighted by Crippen LogP contribution is 2.14. The van der Waals surface area contributed by atoms with Crippen LogP contribution in [0.5, 0.6) is 0 Å². The summed E-state index contributed by atoms with van der Waals surface area (Å²) in [5.74, 6) is 0.307. The van der Waals surface area contributed by atoms with Crippen LogP contribution in [0.3, 0.4) is 0 Å². The third-order valence-corrected chi connectivity index (χ3v) is 2.96. The Kier molecular flexibility index (Phi) is 4.58. The molecule has 0 aromatic heterocycles. The lowest BCUT2D eigenvalue weighted by molar-refractivity contribution is -0.131. The summed E-state index contributed by atoms with van der Waals surface area (Å²) in [7, 11) is 0. The molecule has 15 heavy (non-hydrogen) atoms. The maximum Gasteiger partial charge on any atom is 0.224 e. The Morgan fingerprint density at radius 3 is 2.80 bits per heavy atom. The monoisotopic (exact) mass is 212 g/mol. The van der Waals surface area contributed by atoms with E-state index in [4.69, 9.17) is 0 Å². The summed E-state index contributed by atoms with van der Waals surface area (Å²) >= 11 is 0. The first-order valence-corrected chi connectivity index (χ1v) is 6.08. The van der Waals surface area contributed by atoms with Gasteiger partial charge in [-0.1, -0.05) is 19.8 Å². The van der Waals surface area contributed by atoms with Crippen molar-refractivity contribution in [2.45, 2.75) is 52.0 Å². The molecule has 0 aromatic rings. The molecule has 1 fully saturated rings. The number of hydrogen-bond acceptors (Lipinski definition) is 2. The summed E-state index contributed by atoms with van der Waals surface area (Å²) in [4.78, 5) is 13.9. The summed E-state index contributed by atoms with van der Waals surface area (Å²) in [6.45, 7) is 9.11. The van der Waals surface area contributed by atoms with Gasteiger partial charge >= 0.3 is 0 Å². The second-order valence-corrected chi connectivity index (χ2v) is 5.08. The van der Waals surface area contributed by atoms with Crippen molar-refractivity contribution < 1.29 is 4.79 Å². The Hall–Kier alpha value is -0.570. The highest BCUT2D eigenvalue weighted by Gasteiger charge is 2.27. The highest BCUT2D eigenvalue weighted by molar-refractivity contribution is 5.77. The Balaban J connectivity index is 2.41. The predicted octanol–water partition coefficient (Wildman–Crippen LogP) is 1.78. The van der Waals surface area contributed by atoms with E-state index in [1.54, 1.807) is 0 Å². The van der Waals surface area contributed by atoms with Crippen molar-refractivity contribution in [1.82, 2.24) is 10.2 Å². The molecule has 0 unspecified atom stereocenters. The average molecular weight is 212 g/mol. The second-order valence-electron chi connectivity index (χ2n) is 5.08. The van der Waals surface area contributed by atoms with Gasteiger partial charge in [-0.05, 0) is 20.3 Å². The number of carbonyl (C=O) groups excluding carboxylic acids is 1. The van der Waals surface area contributed by atoms with Gasteiger partial charge in [0.15, 0.2) is 0 Å². The van der Waals surface area contributed by atoms with Crippen molar-refractivity contribution in [1.29, 1.82) is 0 Å². The van der Waals surface area contributed by atoms with Gasteiger partial charge in [-0.15, -0.1) is 0 Å². The number of nitrogens with one attached hydrogen (secondary N) is 1. The molecule has 1 rings (SSSR count). The van der Waals surface area contributed by atoms with Gasteiger partial charge in [0.2, 0.25) is 5.91 Å². The quantitative estimate of drug-likeness (QED) is 0.720. The fraction of sp³-hybridized carbons (Fsp3) is 0.917. The molecule has 0 radical (unpaired) electrons. The molecule has 1 aliphatic rings. The molecule has 0 aromatic carbocycles. The molecule has 0 bridgehead atoms. The van der Waals surface area contributed by atoms with Crippen LogP contribution in [0.25, 0.3) is 0 Å². The van der Waals surface area contributed by atoms with Crippen LogP contribution < -0.4 is 5.32 Å². The van der Waals surface area contributed by atoms with E-state index in [0.717, 1.165) is 26.1 Å². The van der Waals surface area contributed by atoms with Crippen molar-refractivity contribution in [3.8, 4) is 0 Å². The molecule has 1 heterocycles. The third-order valence-electron chi connectivity index (χ3n) is 2.96. The zero-order valence-electron chi connectivity index (χ0n) is 10.3. The molecule has 0 spiro atoms. The molecular formula is C12H24N2O. The van der Waals surface area contributed by atoms with Crippen LogP contribution >= 0.6 is 0 Å². The summed E-state index contributed by atoms with van der Waals surface area (Å²) in [6, 6.07) is 0. The Bertz CT molecular complexity index is 214. The maximum absolute atomic E-state index is 11.9. The standard InChI is InChI=1S/C12H24N2O/c1-4-5-6-8-14-9-7-13-12(2,3)10-11(14)15/h13H,4-10H2,1-3H3. The van der Waals surface area contributed by atoms with Crippen molar-refractivity contribution in [2.75, 3.05) is 19.6 Å². The van der Waals surface area contributed by atoms with Gasteiger partial charge in [-0.3, -0.25) is 4.79 Å². The van der Waals surface area contributed by atoms with Crippen molar-refractivity contribution >= 4 is 5.91 Å². The van der Waals surface area contributed by atoms with E-state index in [9.17, 15) is 4.79 Å². The van der Waals surface area contributed by atoms with Crippen LogP contribution in [0.1, 0.15) is 46.5 Å². The predicted molar refractivity (Wildman–Crippen MR) is 62.8 cm³/mol. The smallest absolute Gasteiger partial charge is 0.224 e. The normalized spacial score (nSPS) is 21.5. The first kappa shape index (κ1) is 12.5. The number of unbranched alkanes of at least 4 members (excludes halogenated alkanes) is 2. The molecule has 0 atom stereocenters. The second kappa shape index (κ2) is 5.50. The molecule has 1 saturated heterocycles. The van der Waals surface area contributed by atoms with Crippen LogP contribution in [0.15, 0.2) is 0 Å². The van der Waals surface area contributed by atoms with Crippen LogP contribution in [-0.4, -0.2) is 36.0 Å². The van der Waals surface area contributed by atoms with Crippen LogP contribution in [-0.2, 0) is 4.79 Å². The minimum Gasteiger partial charge on any atom is -0.341 e. The van der Waals surface area contributed by atoms with E-state index < -0.39 is 0 Å². The Labute approximate surface area is 93.2 Å². The largest absolute Gasteiger partial charge is 0.341 e. The van der Waals surface area contributed by atoms with Crippen molar-refractivity contribution in [2.24, 2.45) is 0 Å². The minimum atomic E-state index is -0.0312. The molecule has 0 aliphatic carbocycles. The lowest BCUT2D eigenvalue weighted by atomic mass is 10.0. The molecular weight excluding hydrogens is 188 g/mol. The van der Waals surface area contributed by atoms with E-state index in [1.165, 1.54) is 12.8 Å². The van der Waals surface area contributed by atoms with Gasteiger partial charge < -0.3 is 10.2 Å². The van der Waals surface area contributed by atoms with Crippen LogP contribution in [0.4, 0.5) is 0 Å². The van der Waals surface area contributed by atoms with E-state index in [1.807, 2.05) is 4.90 Å². The van der Waals surface area contributed by atoms with E-state index >= 15 is 0 Å². The minimum absolute atomic E-state index is 0.0312. The number of rotatable bonds is 4. The summed E-state index contributed by atoms with van der Waals surface area (Å²) in [6.07, 6.45) is 4.20. The number of carbonyl (C=O) groups is 1. The summed E-state index contributed by atoms with van der Waals surface area (Å²) < 4.78 is 0. The third kappa shape index (κ3) is 4.20. The average Bonchev–Trinajstić information content (AvgIpc) is 2.25. The molecule has 88 valence electrons. The maximum atomic E-state index is 11.9. The molecule has 1 amide bonds. The van der Waals surface area contributed by atoms with Crippen LogP contribution in [0.2, 0.25) is 0 Å². The van der Waals surface area contributed by atoms with Crippen LogP contribution in [0, 0.1) is 0 Å². The van der Waals surface area contributed by atoms with Gasteiger partial charge in [-0.25, -0.2) is 0 Å². The lowest BCUT2D eigenvalue weighted by Crippen LogP contribution is -2.39. The zero-order valence-corrected chi connectivity index (χ0v) is 10.3. The van der Waals surface area contributed by atoms with Gasteiger partial charge in [0.25, 0.3) is 0 Å².